The van der Waals surface area contributed by atoms with E-state index in [9.17, 15) is 0 Å². The van der Waals surface area contributed by atoms with Crippen LogP contribution >= 0.6 is 0 Å². The maximum atomic E-state index is 5.34. The second-order valence-corrected chi connectivity index (χ2v) is 4.72. The van der Waals surface area contributed by atoms with Crippen molar-refractivity contribution in [3.05, 3.63) is 29.8 Å². The maximum absolute atomic E-state index is 5.34. The fourth-order valence-corrected chi connectivity index (χ4v) is 2.00. The van der Waals surface area contributed by atoms with Gasteiger partial charge in [-0.15, -0.1) is 0 Å². The van der Waals surface area contributed by atoms with Gasteiger partial charge in [0.05, 0.1) is 7.11 Å². The van der Waals surface area contributed by atoms with Gasteiger partial charge in [0.15, 0.2) is 5.96 Å². The number of methoxy groups -OCH3 is 2. The lowest BCUT2D eigenvalue weighted by atomic mass is 10.2. The monoisotopic (exact) mass is 293 g/mol. The Bertz CT molecular complexity index is 422. The molecular weight excluding hydrogens is 266 g/mol. The van der Waals surface area contributed by atoms with E-state index in [4.69, 9.17) is 9.47 Å². The number of ether oxygens (including phenoxy) is 2. The second kappa shape index (κ2) is 11.0. The van der Waals surface area contributed by atoms with Crippen molar-refractivity contribution in [2.24, 2.45) is 4.99 Å². The van der Waals surface area contributed by atoms with Crippen molar-refractivity contribution in [1.29, 1.82) is 0 Å². The number of unbranched alkanes of at least 4 members (excludes halogenated alkanes) is 2. The van der Waals surface area contributed by atoms with Crippen LogP contribution in [-0.2, 0) is 11.3 Å². The molecule has 0 fully saturated rings. The Morgan fingerprint density at radius 2 is 1.90 bits per heavy atom. The van der Waals surface area contributed by atoms with E-state index in [0.717, 1.165) is 49.7 Å². The average Bonchev–Trinajstić information content (AvgIpc) is 2.53. The molecule has 2 N–H and O–H groups in total. The summed E-state index contributed by atoms with van der Waals surface area (Å²) in [7, 11) is 5.20. The van der Waals surface area contributed by atoms with E-state index in [-0.39, 0.29) is 0 Å². The summed E-state index contributed by atoms with van der Waals surface area (Å²) >= 11 is 0. The number of hydrogen-bond donors (Lipinski definition) is 2. The largest absolute Gasteiger partial charge is 0.496 e. The van der Waals surface area contributed by atoms with Gasteiger partial charge in [0.1, 0.15) is 5.75 Å². The average molecular weight is 293 g/mol. The van der Waals surface area contributed by atoms with E-state index in [1.54, 1.807) is 21.3 Å². The van der Waals surface area contributed by atoms with E-state index >= 15 is 0 Å². The number of nitrogens with zero attached hydrogens (tertiary/aromatic N) is 1. The van der Waals surface area contributed by atoms with Crippen molar-refractivity contribution < 1.29 is 9.47 Å². The van der Waals surface area contributed by atoms with Crippen molar-refractivity contribution in [3.8, 4) is 5.75 Å². The molecule has 0 heterocycles. The molecule has 1 rings (SSSR count). The van der Waals surface area contributed by atoms with Gasteiger partial charge in [0.25, 0.3) is 0 Å². The second-order valence-electron chi connectivity index (χ2n) is 4.72. The van der Waals surface area contributed by atoms with Crippen molar-refractivity contribution in [1.82, 2.24) is 10.6 Å². The minimum atomic E-state index is 0.688. The van der Waals surface area contributed by atoms with Crippen LogP contribution in [0.2, 0.25) is 0 Å². The third kappa shape index (κ3) is 6.99. The minimum absolute atomic E-state index is 0.688. The van der Waals surface area contributed by atoms with Gasteiger partial charge in [0, 0.05) is 39.4 Å². The summed E-state index contributed by atoms with van der Waals surface area (Å²) in [6.45, 7) is 2.43. The van der Waals surface area contributed by atoms with Crippen LogP contribution in [0.3, 0.4) is 0 Å². The Morgan fingerprint density at radius 1 is 1.10 bits per heavy atom. The fourth-order valence-electron chi connectivity index (χ4n) is 2.00. The van der Waals surface area contributed by atoms with E-state index in [2.05, 4.69) is 15.6 Å². The van der Waals surface area contributed by atoms with Crippen molar-refractivity contribution in [2.75, 3.05) is 34.4 Å². The van der Waals surface area contributed by atoms with Gasteiger partial charge >= 0.3 is 0 Å². The zero-order valence-corrected chi connectivity index (χ0v) is 13.3. The van der Waals surface area contributed by atoms with Gasteiger partial charge < -0.3 is 20.1 Å². The Balaban J connectivity index is 2.28. The van der Waals surface area contributed by atoms with Crippen LogP contribution in [-0.4, -0.2) is 40.4 Å². The molecule has 21 heavy (non-hydrogen) atoms. The van der Waals surface area contributed by atoms with Crippen LogP contribution in [0.15, 0.2) is 29.3 Å². The van der Waals surface area contributed by atoms with Crippen LogP contribution in [0.4, 0.5) is 0 Å². The highest BCUT2D eigenvalue weighted by molar-refractivity contribution is 5.79. The molecule has 0 saturated carbocycles. The summed E-state index contributed by atoms with van der Waals surface area (Å²) in [5.41, 5.74) is 1.11. The molecular formula is C16H27N3O2. The fraction of sp³-hybridized carbons (Fsp3) is 0.562. The van der Waals surface area contributed by atoms with Crippen LogP contribution in [0.5, 0.6) is 5.75 Å². The zero-order valence-electron chi connectivity index (χ0n) is 13.3. The molecule has 0 unspecified atom stereocenters. The molecule has 0 aromatic heterocycles. The highest BCUT2D eigenvalue weighted by Gasteiger charge is 2.02. The summed E-state index contributed by atoms with van der Waals surface area (Å²) < 4.78 is 10.4. The number of guanidine groups is 1. The summed E-state index contributed by atoms with van der Waals surface area (Å²) in [5, 5.41) is 6.61. The first-order valence-corrected chi connectivity index (χ1v) is 7.37. The van der Waals surface area contributed by atoms with E-state index < -0.39 is 0 Å². The van der Waals surface area contributed by atoms with Crippen molar-refractivity contribution in [3.63, 3.8) is 0 Å². The van der Waals surface area contributed by atoms with Crippen LogP contribution in [0.25, 0.3) is 0 Å². The molecule has 0 atom stereocenters. The predicted octanol–water partition coefficient (Wildman–Crippen LogP) is 2.18. The smallest absolute Gasteiger partial charge is 0.191 e. The van der Waals surface area contributed by atoms with E-state index in [0.29, 0.717) is 6.54 Å². The molecule has 5 heteroatoms. The minimum Gasteiger partial charge on any atom is -0.496 e. The van der Waals surface area contributed by atoms with Gasteiger partial charge in [-0.2, -0.15) is 0 Å². The molecule has 0 spiro atoms. The summed E-state index contributed by atoms with van der Waals surface area (Å²) in [6.07, 6.45) is 3.37. The zero-order chi connectivity index (χ0) is 15.3. The number of rotatable bonds is 9. The maximum Gasteiger partial charge on any atom is 0.191 e. The lowest BCUT2D eigenvalue weighted by Crippen LogP contribution is -2.37. The first-order valence-electron chi connectivity index (χ1n) is 7.37. The molecule has 0 aliphatic carbocycles. The van der Waals surface area contributed by atoms with Crippen LogP contribution in [0.1, 0.15) is 24.8 Å². The Morgan fingerprint density at radius 3 is 2.62 bits per heavy atom. The van der Waals surface area contributed by atoms with E-state index in [1.807, 2.05) is 24.3 Å². The van der Waals surface area contributed by atoms with Gasteiger partial charge in [0.2, 0.25) is 0 Å². The molecule has 0 amide bonds. The number of benzene rings is 1. The summed E-state index contributed by atoms with van der Waals surface area (Å²) in [6, 6.07) is 7.98. The highest BCUT2D eigenvalue weighted by atomic mass is 16.5. The van der Waals surface area contributed by atoms with Crippen molar-refractivity contribution >= 4 is 5.96 Å². The summed E-state index contributed by atoms with van der Waals surface area (Å²) in [4.78, 5) is 4.22. The van der Waals surface area contributed by atoms with Crippen molar-refractivity contribution in [2.45, 2.75) is 25.8 Å². The number of nitrogens with one attached hydrogen (secondary N) is 2. The molecule has 1 aromatic rings. The number of aliphatic imine (C=N–C) groups is 1. The van der Waals surface area contributed by atoms with Gasteiger partial charge in [-0.05, 0) is 25.3 Å². The molecule has 0 aliphatic rings. The standard InChI is InChI=1S/C16H27N3O2/c1-17-16(18-11-7-4-8-12-20-2)19-13-14-9-5-6-10-15(14)21-3/h5-6,9-10H,4,7-8,11-13H2,1-3H3,(H2,17,18,19). The Hall–Kier alpha value is -1.75. The van der Waals surface area contributed by atoms with E-state index in [1.165, 1.54) is 0 Å². The number of para-hydroxylation sites is 1. The molecule has 1 aromatic carbocycles. The Labute approximate surface area is 127 Å². The lowest BCUT2D eigenvalue weighted by Gasteiger charge is -2.13. The first-order chi connectivity index (χ1) is 10.3. The SMILES string of the molecule is CN=C(NCCCCCOC)NCc1ccccc1OC. The number of hydrogen-bond acceptors (Lipinski definition) is 3. The molecule has 0 radical (unpaired) electrons. The topological polar surface area (TPSA) is 54.9 Å². The quantitative estimate of drug-likeness (QED) is 0.416. The lowest BCUT2D eigenvalue weighted by molar-refractivity contribution is 0.192. The molecule has 118 valence electrons. The highest BCUT2D eigenvalue weighted by Crippen LogP contribution is 2.16. The molecule has 0 aliphatic heterocycles. The predicted molar refractivity (Wildman–Crippen MR) is 86.9 cm³/mol. The van der Waals surface area contributed by atoms with Gasteiger partial charge in [-0.25, -0.2) is 0 Å². The molecule has 0 saturated heterocycles. The molecule has 0 bridgehead atoms. The van der Waals surface area contributed by atoms with Crippen LogP contribution < -0.4 is 15.4 Å². The Kier molecular flexibility index (Phi) is 9.04. The van der Waals surface area contributed by atoms with Crippen LogP contribution in [0, 0.1) is 0 Å². The molecule has 5 nitrogen and oxygen atoms in total. The van der Waals surface area contributed by atoms with Gasteiger partial charge in [-0.3, -0.25) is 4.99 Å². The third-order valence-electron chi connectivity index (χ3n) is 3.18. The normalized spacial score (nSPS) is 11.3. The van der Waals surface area contributed by atoms with Gasteiger partial charge in [-0.1, -0.05) is 18.2 Å². The summed E-state index contributed by atoms with van der Waals surface area (Å²) in [5.74, 6) is 1.70. The first kappa shape index (κ1) is 17.3. The third-order valence-corrected chi connectivity index (χ3v) is 3.18.